The van der Waals surface area contributed by atoms with Gasteiger partial charge in [0.25, 0.3) is 0 Å². The van der Waals surface area contributed by atoms with Crippen molar-refractivity contribution in [1.82, 2.24) is 9.55 Å². The smallest absolute Gasteiger partial charge is 0.185 e. The molecule has 0 unspecified atom stereocenters. The minimum absolute atomic E-state index is 0.437. The molecule has 4 nitrogen and oxygen atoms in total. The molecule has 0 aliphatic rings. The molecule has 0 amide bonds. The van der Waals surface area contributed by atoms with Crippen molar-refractivity contribution in [2.45, 2.75) is 32.7 Å². The van der Waals surface area contributed by atoms with E-state index in [4.69, 9.17) is 4.74 Å². The van der Waals surface area contributed by atoms with Gasteiger partial charge in [0, 0.05) is 0 Å². The molecule has 0 radical (unpaired) electrons. The molecule has 24 heavy (non-hydrogen) atoms. The van der Waals surface area contributed by atoms with Crippen LogP contribution in [-0.2, 0) is 6.54 Å². The van der Waals surface area contributed by atoms with Gasteiger partial charge in [0.05, 0.1) is 17.6 Å². The summed E-state index contributed by atoms with van der Waals surface area (Å²) in [5.41, 5.74) is 3.11. The predicted octanol–water partition coefficient (Wildman–Crippen LogP) is 4.44. The SMILES string of the molecule is CC[C@@H](C)c1ccc(OCCn2c(C=O)nc3ccccc32)cc1. The molecule has 0 aliphatic heterocycles. The Balaban J connectivity index is 1.67. The summed E-state index contributed by atoms with van der Waals surface area (Å²) in [7, 11) is 0. The van der Waals surface area contributed by atoms with Crippen molar-refractivity contribution in [3.63, 3.8) is 0 Å². The number of aromatic nitrogens is 2. The van der Waals surface area contributed by atoms with Crippen molar-refractivity contribution in [1.29, 1.82) is 0 Å². The first-order valence-electron chi connectivity index (χ1n) is 8.36. The number of carbonyl (C=O) groups excluding carboxylic acids is 1. The van der Waals surface area contributed by atoms with E-state index in [1.165, 1.54) is 5.56 Å². The Morgan fingerprint density at radius 1 is 1.17 bits per heavy atom. The summed E-state index contributed by atoms with van der Waals surface area (Å²) < 4.78 is 7.73. The summed E-state index contributed by atoms with van der Waals surface area (Å²) >= 11 is 0. The van der Waals surface area contributed by atoms with Crippen LogP contribution in [-0.4, -0.2) is 22.4 Å². The molecule has 1 aromatic heterocycles. The number of hydrogen-bond donors (Lipinski definition) is 0. The number of fused-ring (bicyclic) bond motifs is 1. The minimum Gasteiger partial charge on any atom is -0.492 e. The zero-order valence-corrected chi connectivity index (χ0v) is 14.1. The summed E-state index contributed by atoms with van der Waals surface area (Å²) in [4.78, 5) is 15.6. The number of ether oxygens (including phenoxy) is 1. The van der Waals surface area contributed by atoms with Crippen molar-refractivity contribution in [2.75, 3.05) is 6.61 Å². The highest BCUT2D eigenvalue weighted by atomic mass is 16.5. The Hall–Kier alpha value is -2.62. The van der Waals surface area contributed by atoms with E-state index in [9.17, 15) is 4.79 Å². The van der Waals surface area contributed by atoms with E-state index >= 15 is 0 Å². The van der Waals surface area contributed by atoms with Crippen LogP contribution in [0.1, 0.15) is 42.4 Å². The fourth-order valence-electron chi connectivity index (χ4n) is 2.80. The second-order valence-corrected chi connectivity index (χ2v) is 5.95. The Kier molecular flexibility index (Phi) is 4.94. The zero-order valence-electron chi connectivity index (χ0n) is 14.1. The molecule has 4 heteroatoms. The van der Waals surface area contributed by atoms with Crippen LogP contribution in [0.5, 0.6) is 5.75 Å². The average Bonchev–Trinajstić information content (AvgIpc) is 2.99. The van der Waals surface area contributed by atoms with E-state index in [1.807, 2.05) is 41.0 Å². The van der Waals surface area contributed by atoms with Crippen molar-refractivity contribution >= 4 is 17.3 Å². The van der Waals surface area contributed by atoms with Gasteiger partial charge in [0.2, 0.25) is 0 Å². The lowest BCUT2D eigenvalue weighted by Crippen LogP contribution is -2.10. The Bertz CT molecular complexity index is 821. The highest BCUT2D eigenvalue weighted by molar-refractivity contribution is 5.82. The van der Waals surface area contributed by atoms with Crippen molar-refractivity contribution in [3.8, 4) is 5.75 Å². The quantitative estimate of drug-likeness (QED) is 0.604. The van der Waals surface area contributed by atoms with Crippen molar-refractivity contribution in [3.05, 3.63) is 59.9 Å². The van der Waals surface area contributed by atoms with Gasteiger partial charge in [-0.05, 0) is 42.2 Å². The number of imidazole rings is 1. The normalized spacial score (nSPS) is 12.2. The van der Waals surface area contributed by atoms with E-state index < -0.39 is 0 Å². The van der Waals surface area contributed by atoms with Crippen LogP contribution < -0.4 is 4.74 Å². The summed E-state index contributed by atoms with van der Waals surface area (Å²) in [5.74, 6) is 1.84. The highest BCUT2D eigenvalue weighted by Crippen LogP contribution is 2.21. The Labute approximate surface area is 142 Å². The van der Waals surface area contributed by atoms with Gasteiger partial charge in [0.15, 0.2) is 12.1 Å². The van der Waals surface area contributed by atoms with E-state index in [0.717, 1.165) is 29.5 Å². The summed E-state index contributed by atoms with van der Waals surface area (Å²) in [6.07, 6.45) is 1.92. The molecule has 3 aromatic rings. The van der Waals surface area contributed by atoms with Crippen LogP contribution in [0.4, 0.5) is 0 Å². The fourth-order valence-corrected chi connectivity index (χ4v) is 2.80. The molecule has 0 saturated carbocycles. The van der Waals surface area contributed by atoms with Gasteiger partial charge in [-0.25, -0.2) is 4.98 Å². The molecule has 124 valence electrons. The number of para-hydroxylation sites is 2. The van der Waals surface area contributed by atoms with Crippen LogP contribution >= 0.6 is 0 Å². The largest absolute Gasteiger partial charge is 0.492 e. The molecule has 3 rings (SSSR count). The number of benzene rings is 2. The third-order valence-electron chi connectivity index (χ3n) is 4.43. The molecular formula is C20H22N2O2. The molecule has 0 aliphatic carbocycles. The fraction of sp³-hybridized carbons (Fsp3) is 0.300. The molecule has 0 saturated heterocycles. The van der Waals surface area contributed by atoms with E-state index in [0.29, 0.717) is 24.9 Å². The topological polar surface area (TPSA) is 44.1 Å². The second-order valence-electron chi connectivity index (χ2n) is 5.95. The maximum absolute atomic E-state index is 11.2. The van der Waals surface area contributed by atoms with E-state index in [1.54, 1.807) is 0 Å². The van der Waals surface area contributed by atoms with Crippen LogP contribution in [0.3, 0.4) is 0 Å². The predicted molar refractivity (Wildman–Crippen MR) is 95.8 cm³/mol. The van der Waals surface area contributed by atoms with Gasteiger partial charge in [0.1, 0.15) is 12.4 Å². The van der Waals surface area contributed by atoms with E-state index in [2.05, 4.69) is 31.0 Å². The number of carbonyl (C=O) groups is 1. The number of aldehydes is 1. The van der Waals surface area contributed by atoms with E-state index in [-0.39, 0.29) is 0 Å². The van der Waals surface area contributed by atoms with Crippen LogP contribution in [0.2, 0.25) is 0 Å². The monoisotopic (exact) mass is 322 g/mol. The van der Waals surface area contributed by atoms with Crippen LogP contribution in [0.15, 0.2) is 48.5 Å². The first-order chi connectivity index (χ1) is 11.7. The Morgan fingerprint density at radius 3 is 2.62 bits per heavy atom. The summed E-state index contributed by atoms with van der Waals surface area (Å²) in [5, 5.41) is 0. The molecule has 0 bridgehead atoms. The lowest BCUT2D eigenvalue weighted by Gasteiger charge is -2.11. The lowest BCUT2D eigenvalue weighted by atomic mass is 9.99. The molecular weight excluding hydrogens is 300 g/mol. The number of hydrogen-bond acceptors (Lipinski definition) is 3. The van der Waals surface area contributed by atoms with Gasteiger partial charge in [-0.15, -0.1) is 0 Å². The third kappa shape index (κ3) is 3.32. The maximum Gasteiger partial charge on any atom is 0.185 e. The van der Waals surface area contributed by atoms with Gasteiger partial charge in [-0.2, -0.15) is 0 Å². The van der Waals surface area contributed by atoms with Crippen molar-refractivity contribution < 1.29 is 9.53 Å². The molecule has 2 aromatic carbocycles. The Morgan fingerprint density at radius 2 is 1.92 bits per heavy atom. The van der Waals surface area contributed by atoms with Crippen molar-refractivity contribution in [2.24, 2.45) is 0 Å². The van der Waals surface area contributed by atoms with Crippen LogP contribution in [0, 0.1) is 0 Å². The maximum atomic E-state index is 11.2. The zero-order chi connectivity index (χ0) is 16.9. The minimum atomic E-state index is 0.437. The molecule has 1 atom stereocenters. The van der Waals surface area contributed by atoms with Gasteiger partial charge in [-0.1, -0.05) is 38.1 Å². The number of rotatable bonds is 7. The summed E-state index contributed by atoms with van der Waals surface area (Å²) in [6.45, 7) is 5.49. The summed E-state index contributed by atoms with van der Waals surface area (Å²) in [6, 6.07) is 16.0. The third-order valence-corrected chi connectivity index (χ3v) is 4.43. The lowest BCUT2D eigenvalue weighted by molar-refractivity contribution is 0.111. The first-order valence-corrected chi connectivity index (χ1v) is 8.36. The van der Waals surface area contributed by atoms with Gasteiger partial charge >= 0.3 is 0 Å². The van der Waals surface area contributed by atoms with Crippen LogP contribution in [0.25, 0.3) is 11.0 Å². The second kappa shape index (κ2) is 7.30. The number of nitrogens with zero attached hydrogens (tertiary/aromatic N) is 2. The highest BCUT2D eigenvalue weighted by Gasteiger charge is 2.09. The molecule has 0 N–H and O–H groups in total. The molecule has 1 heterocycles. The average molecular weight is 322 g/mol. The molecule has 0 fully saturated rings. The van der Waals surface area contributed by atoms with Gasteiger partial charge in [-0.3, -0.25) is 4.79 Å². The first kappa shape index (κ1) is 16.2. The van der Waals surface area contributed by atoms with Gasteiger partial charge < -0.3 is 9.30 Å². The standard InChI is InChI=1S/C20H22N2O2/c1-3-15(2)16-8-10-17(11-9-16)24-13-12-22-19-7-5-4-6-18(19)21-20(22)14-23/h4-11,14-15H,3,12-13H2,1-2H3/t15-/m1/s1. The molecule has 0 spiro atoms.